The first-order chi connectivity index (χ1) is 18.2. The van der Waals surface area contributed by atoms with E-state index in [4.69, 9.17) is 20.6 Å². The average Bonchev–Trinajstić information content (AvgIpc) is 2.86. The number of aromatic nitrogens is 1. The maximum absolute atomic E-state index is 13.3. The molecule has 0 saturated heterocycles. The molecule has 208 valence electrons. The first kappa shape index (κ1) is 29.5. The number of hydrogen-bond donors (Lipinski definition) is 3. The third kappa shape index (κ3) is 8.46. The summed E-state index contributed by atoms with van der Waals surface area (Å²) in [6.45, 7) is 6.90. The fourth-order valence-corrected chi connectivity index (χ4v) is 3.95. The van der Waals surface area contributed by atoms with Gasteiger partial charge < -0.3 is 20.5 Å². The van der Waals surface area contributed by atoms with Gasteiger partial charge in [-0.3, -0.25) is 10.2 Å². The van der Waals surface area contributed by atoms with Crippen LogP contribution in [0.15, 0.2) is 66.9 Å². The summed E-state index contributed by atoms with van der Waals surface area (Å²) < 4.78 is 49.8. The number of nitrogens with two attached hydrogens (primary N) is 1. The highest BCUT2D eigenvalue weighted by Crippen LogP contribution is 2.31. The molecule has 0 radical (unpaired) electrons. The molecule has 0 bridgehead atoms. The van der Waals surface area contributed by atoms with E-state index in [2.05, 4.69) is 10.3 Å². The van der Waals surface area contributed by atoms with Gasteiger partial charge in [0.15, 0.2) is 5.60 Å². The van der Waals surface area contributed by atoms with Crippen molar-refractivity contribution in [2.45, 2.75) is 57.9 Å². The minimum atomic E-state index is -4.52. The fourth-order valence-electron chi connectivity index (χ4n) is 3.95. The molecule has 0 aliphatic carbocycles. The number of halogens is 3. The standard InChI is InChI=1S/C29H33F3N4O3/c1-18-8-10-20(11-9-18)14-24(21-6-5-7-23(15-21)38-17-25(33)34)19(2)36-27(37)28(3,4)39-26-13-12-22(16-35-26)29(30,31)32/h5-13,15-16,19,24H,14,17H2,1-4H3,(H3,33,34)(H,36,37). The second kappa shape index (κ2) is 12.2. The molecular weight excluding hydrogens is 509 g/mol. The molecule has 0 fully saturated rings. The third-order valence-electron chi connectivity index (χ3n) is 6.19. The van der Waals surface area contributed by atoms with E-state index in [-0.39, 0.29) is 30.3 Å². The number of rotatable bonds is 11. The summed E-state index contributed by atoms with van der Waals surface area (Å²) >= 11 is 0. The van der Waals surface area contributed by atoms with Gasteiger partial charge in [0.2, 0.25) is 5.88 Å². The van der Waals surface area contributed by atoms with Crippen LogP contribution < -0.4 is 20.5 Å². The molecule has 1 amide bonds. The smallest absolute Gasteiger partial charge is 0.417 e. The zero-order valence-electron chi connectivity index (χ0n) is 22.3. The van der Waals surface area contributed by atoms with Crippen LogP contribution in [0.1, 0.15) is 48.9 Å². The van der Waals surface area contributed by atoms with Crippen LogP contribution in [-0.4, -0.2) is 35.0 Å². The van der Waals surface area contributed by atoms with Crippen molar-refractivity contribution in [3.05, 3.63) is 89.1 Å². The van der Waals surface area contributed by atoms with E-state index in [9.17, 15) is 18.0 Å². The Bertz CT molecular complexity index is 1280. The Morgan fingerprint density at radius 2 is 1.79 bits per heavy atom. The summed E-state index contributed by atoms with van der Waals surface area (Å²) in [5.41, 5.74) is 6.22. The maximum atomic E-state index is 13.3. The summed E-state index contributed by atoms with van der Waals surface area (Å²) in [6, 6.07) is 17.1. The summed E-state index contributed by atoms with van der Waals surface area (Å²) in [4.78, 5) is 17.0. The number of amidine groups is 1. The second-order valence-electron chi connectivity index (χ2n) is 9.94. The normalized spacial score (nSPS) is 13.3. The lowest BCUT2D eigenvalue weighted by Gasteiger charge is -2.31. The Balaban J connectivity index is 1.80. The van der Waals surface area contributed by atoms with Crippen molar-refractivity contribution >= 4 is 11.7 Å². The maximum Gasteiger partial charge on any atom is 0.417 e. The summed E-state index contributed by atoms with van der Waals surface area (Å²) in [7, 11) is 0. The van der Waals surface area contributed by atoms with Crippen LogP contribution in [0, 0.1) is 12.3 Å². The van der Waals surface area contributed by atoms with Crippen molar-refractivity contribution in [2.75, 3.05) is 6.61 Å². The molecule has 0 aliphatic heterocycles. The predicted molar refractivity (Wildman–Crippen MR) is 143 cm³/mol. The number of nitrogens with zero attached hydrogens (tertiary/aromatic N) is 1. The number of carbonyl (C=O) groups excluding carboxylic acids is 1. The van der Waals surface area contributed by atoms with Gasteiger partial charge in [0.1, 0.15) is 18.2 Å². The highest BCUT2D eigenvalue weighted by molar-refractivity contribution is 5.85. The second-order valence-corrected chi connectivity index (χ2v) is 9.94. The molecule has 0 spiro atoms. The topological polar surface area (TPSA) is 110 Å². The van der Waals surface area contributed by atoms with E-state index in [1.54, 1.807) is 6.07 Å². The highest BCUT2D eigenvalue weighted by Gasteiger charge is 2.34. The number of hydrogen-bond acceptors (Lipinski definition) is 5. The van der Waals surface area contributed by atoms with Gasteiger partial charge in [-0.15, -0.1) is 0 Å². The van der Waals surface area contributed by atoms with E-state index in [1.807, 2.05) is 56.3 Å². The molecular formula is C29H33F3N4O3. The van der Waals surface area contributed by atoms with Gasteiger partial charge in [-0.1, -0.05) is 42.0 Å². The lowest BCUT2D eigenvalue weighted by molar-refractivity contribution is -0.138. The number of carbonyl (C=O) groups is 1. The Hall–Kier alpha value is -4.08. The van der Waals surface area contributed by atoms with Gasteiger partial charge in [-0.05, 0) is 63.4 Å². The molecule has 0 aliphatic rings. The third-order valence-corrected chi connectivity index (χ3v) is 6.19. The number of amides is 1. The SMILES string of the molecule is Cc1ccc(CC(c2cccc(OCC(=N)N)c2)C(C)NC(=O)C(C)(C)Oc2ccc(C(F)(F)F)cn2)cc1. The number of nitrogens with one attached hydrogen (secondary N) is 2. The molecule has 1 heterocycles. The number of alkyl halides is 3. The van der Waals surface area contributed by atoms with Crippen LogP contribution in [-0.2, 0) is 17.4 Å². The Kier molecular flexibility index (Phi) is 9.21. The van der Waals surface area contributed by atoms with Crippen LogP contribution in [0.4, 0.5) is 13.2 Å². The Morgan fingerprint density at radius 1 is 1.10 bits per heavy atom. The van der Waals surface area contributed by atoms with Crippen molar-refractivity contribution < 1.29 is 27.4 Å². The number of aryl methyl sites for hydroxylation is 1. The monoisotopic (exact) mass is 542 g/mol. The number of ether oxygens (including phenoxy) is 2. The molecule has 0 saturated carbocycles. The van der Waals surface area contributed by atoms with Gasteiger partial charge in [0.05, 0.1) is 5.56 Å². The van der Waals surface area contributed by atoms with Crippen LogP contribution >= 0.6 is 0 Å². The van der Waals surface area contributed by atoms with E-state index in [0.29, 0.717) is 18.4 Å². The zero-order valence-corrected chi connectivity index (χ0v) is 22.3. The minimum Gasteiger partial charge on any atom is -0.486 e. The largest absolute Gasteiger partial charge is 0.486 e. The molecule has 2 atom stereocenters. The molecule has 7 nitrogen and oxygen atoms in total. The molecule has 4 N–H and O–H groups in total. The van der Waals surface area contributed by atoms with E-state index < -0.39 is 23.2 Å². The fraction of sp³-hybridized carbons (Fsp3) is 0.345. The highest BCUT2D eigenvalue weighted by atomic mass is 19.4. The van der Waals surface area contributed by atoms with Gasteiger partial charge >= 0.3 is 6.18 Å². The van der Waals surface area contributed by atoms with E-state index >= 15 is 0 Å². The first-order valence-corrected chi connectivity index (χ1v) is 12.4. The van der Waals surface area contributed by atoms with Crippen LogP contribution in [0.5, 0.6) is 11.6 Å². The van der Waals surface area contributed by atoms with Gasteiger partial charge in [-0.2, -0.15) is 13.2 Å². The average molecular weight is 543 g/mol. The van der Waals surface area contributed by atoms with Crippen LogP contribution in [0.3, 0.4) is 0 Å². The summed E-state index contributed by atoms with van der Waals surface area (Å²) in [6.07, 6.45) is -3.24. The number of pyridine rings is 1. The first-order valence-electron chi connectivity index (χ1n) is 12.4. The van der Waals surface area contributed by atoms with E-state index in [1.165, 1.54) is 13.8 Å². The lowest BCUT2D eigenvalue weighted by Crippen LogP contribution is -2.51. The van der Waals surface area contributed by atoms with Crippen molar-refractivity contribution in [1.29, 1.82) is 5.41 Å². The molecule has 3 rings (SSSR count). The van der Waals surface area contributed by atoms with Crippen molar-refractivity contribution in [3.63, 3.8) is 0 Å². The van der Waals surface area contributed by atoms with Gasteiger partial charge in [0.25, 0.3) is 5.91 Å². The Morgan fingerprint density at radius 3 is 2.38 bits per heavy atom. The Labute approximate surface area is 226 Å². The van der Waals surface area contributed by atoms with Crippen molar-refractivity contribution in [1.82, 2.24) is 10.3 Å². The number of benzene rings is 2. The quantitative estimate of drug-likeness (QED) is 0.222. The predicted octanol–water partition coefficient (Wildman–Crippen LogP) is 5.41. The zero-order chi connectivity index (χ0) is 28.8. The van der Waals surface area contributed by atoms with Crippen LogP contribution in [0.25, 0.3) is 0 Å². The molecule has 39 heavy (non-hydrogen) atoms. The van der Waals surface area contributed by atoms with Gasteiger partial charge in [-0.25, -0.2) is 4.98 Å². The lowest BCUT2D eigenvalue weighted by atomic mass is 9.86. The molecule has 2 aromatic carbocycles. The molecule has 3 aromatic rings. The van der Waals surface area contributed by atoms with E-state index in [0.717, 1.165) is 28.8 Å². The molecule has 1 aromatic heterocycles. The summed E-state index contributed by atoms with van der Waals surface area (Å²) in [5, 5.41) is 10.4. The molecule has 2 unspecified atom stereocenters. The van der Waals surface area contributed by atoms with Crippen LogP contribution in [0.2, 0.25) is 0 Å². The van der Waals surface area contributed by atoms with Crippen molar-refractivity contribution in [2.24, 2.45) is 5.73 Å². The summed E-state index contributed by atoms with van der Waals surface area (Å²) in [5.74, 6) is -0.261. The van der Waals surface area contributed by atoms with Crippen molar-refractivity contribution in [3.8, 4) is 11.6 Å². The minimum absolute atomic E-state index is 0.0398. The molecule has 10 heteroatoms. The van der Waals surface area contributed by atoms with Gasteiger partial charge in [0, 0.05) is 24.2 Å².